The van der Waals surface area contributed by atoms with Gasteiger partial charge in [0.1, 0.15) is 23.4 Å². The van der Waals surface area contributed by atoms with Crippen LogP contribution in [-0.2, 0) is 20.9 Å². The number of para-hydroxylation sites is 1. The Labute approximate surface area is 201 Å². The number of benzene rings is 2. The van der Waals surface area contributed by atoms with Crippen LogP contribution in [0.25, 0.3) is 0 Å². The fourth-order valence-corrected chi connectivity index (χ4v) is 3.47. The zero-order valence-electron chi connectivity index (χ0n) is 20.7. The molecule has 2 atom stereocenters. The summed E-state index contributed by atoms with van der Waals surface area (Å²) < 4.78 is 5.26. The molecule has 8 heteroatoms. The molecule has 0 aliphatic carbocycles. The summed E-state index contributed by atoms with van der Waals surface area (Å²) in [7, 11) is 0. The molecule has 34 heavy (non-hydrogen) atoms. The zero-order chi connectivity index (χ0) is 25.5. The number of amides is 3. The molecule has 0 saturated carbocycles. The predicted octanol–water partition coefficient (Wildman–Crippen LogP) is 3.90. The van der Waals surface area contributed by atoms with Gasteiger partial charge in [-0.2, -0.15) is 0 Å². The minimum absolute atomic E-state index is 0.103. The minimum Gasteiger partial charge on any atom is -0.508 e. The second-order valence-electron chi connectivity index (χ2n) is 9.37. The molecule has 2 rings (SSSR count). The number of carbonyl (C=O) groups is 3. The normalized spacial score (nSPS) is 13.0. The molecule has 0 bridgehead atoms. The quantitative estimate of drug-likeness (QED) is 0.543. The highest BCUT2D eigenvalue weighted by molar-refractivity contribution is 5.92. The van der Waals surface area contributed by atoms with Crippen molar-refractivity contribution in [3.63, 3.8) is 0 Å². The Kier molecular flexibility index (Phi) is 9.06. The number of phenolic OH excluding ortho intramolecular Hbond substituents is 1. The summed E-state index contributed by atoms with van der Waals surface area (Å²) >= 11 is 0. The van der Waals surface area contributed by atoms with Gasteiger partial charge in [0.15, 0.2) is 0 Å². The van der Waals surface area contributed by atoms with Crippen LogP contribution in [0.2, 0.25) is 0 Å². The van der Waals surface area contributed by atoms with Gasteiger partial charge >= 0.3 is 6.09 Å². The molecule has 0 radical (unpaired) electrons. The molecular weight excluding hydrogens is 434 g/mol. The third-order valence-electron chi connectivity index (χ3n) is 4.98. The van der Waals surface area contributed by atoms with Crippen LogP contribution >= 0.6 is 0 Å². The number of nitrogens with one attached hydrogen (secondary N) is 2. The van der Waals surface area contributed by atoms with Gasteiger partial charge in [0.25, 0.3) is 0 Å². The second-order valence-corrected chi connectivity index (χ2v) is 9.37. The van der Waals surface area contributed by atoms with Crippen LogP contribution in [0.15, 0.2) is 54.6 Å². The molecule has 2 aromatic rings. The Morgan fingerprint density at radius 2 is 1.56 bits per heavy atom. The molecule has 3 amide bonds. The maximum Gasteiger partial charge on any atom is 0.408 e. The maximum atomic E-state index is 13.5. The van der Waals surface area contributed by atoms with Gasteiger partial charge in [0, 0.05) is 18.2 Å². The Balaban J connectivity index is 2.34. The minimum atomic E-state index is -1.11. The van der Waals surface area contributed by atoms with Crippen molar-refractivity contribution in [2.24, 2.45) is 0 Å². The second kappa shape index (κ2) is 11.5. The Morgan fingerprint density at radius 1 is 0.971 bits per heavy atom. The average Bonchev–Trinajstić information content (AvgIpc) is 2.75. The molecule has 0 fully saturated rings. The van der Waals surface area contributed by atoms with E-state index in [2.05, 4.69) is 10.6 Å². The first kappa shape index (κ1) is 26.7. The first-order chi connectivity index (χ1) is 15.9. The monoisotopic (exact) mass is 469 g/mol. The van der Waals surface area contributed by atoms with Crippen LogP contribution in [0.1, 0.15) is 58.7 Å². The maximum absolute atomic E-state index is 13.5. The van der Waals surface area contributed by atoms with Gasteiger partial charge in [-0.25, -0.2) is 4.79 Å². The van der Waals surface area contributed by atoms with Gasteiger partial charge in [0.05, 0.1) is 0 Å². The lowest BCUT2D eigenvalue weighted by Crippen LogP contribution is -2.54. The summed E-state index contributed by atoms with van der Waals surface area (Å²) in [5.41, 5.74) is 0.467. The van der Waals surface area contributed by atoms with Gasteiger partial charge < -0.3 is 25.4 Å². The summed E-state index contributed by atoms with van der Waals surface area (Å²) in [4.78, 5) is 40.5. The number of aromatic hydroxyl groups is 1. The summed E-state index contributed by atoms with van der Waals surface area (Å²) in [5.74, 6) is -1.03. The highest BCUT2D eigenvalue weighted by atomic mass is 16.6. The Hall–Kier alpha value is -3.55. The molecular formula is C26H35N3O5. The number of nitrogens with zero attached hydrogens (tertiary/aromatic N) is 1. The number of carbonyl (C=O) groups excluding carboxylic acids is 3. The zero-order valence-corrected chi connectivity index (χ0v) is 20.7. The van der Waals surface area contributed by atoms with Crippen molar-refractivity contribution in [2.75, 3.05) is 0 Å². The SMILES string of the molecule is CC(NC(=O)OC(C)(C)C)C(=O)N(C(C)C)C(C(=O)NCc1ccccc1)c1ccccc1O. The van der Waals surface area contributed by atoms with E-state index in [1.807, 2.05) is 30.3 Å². The number of ether oxygens (including phenoxy) is 1. The van der Waals surface area contributed by atoms with Crippen molar-refractivity contribution < 1.29 is 24.2 Å². The average molecular weight is 470 g/mol. The smallest absolute Gasteiger partial charge is 0.408 e. The Morgan fingerprint density at radius 3 is 2.12 bits per heavy atom. The molecule has 3 N–H and O–H groups in total. The van der Waals surface area contributed by atoms with E-state index in [0.29, 0.717) is 5.56 Å². The summed E-state index contributed by atoms with van der Waals surface area (Å²) in [6.45, 7) is 10.5. The summed E-state index contributed by atoms with van der Waals surface area (Å²) in [6.07, 6.45) is -0.732. The molecule has 0 aliphatic heterocycles. The molecule has 0 spiro atoms. The van der Waals surface area contributed by atoms with Crippen molar-refractivity contribution in [1.29, 1.82) is 0 Å². The van der Waals surface area contributed by atoms with E-state index in [1.54, 1.807) is 52.8 Å². The van der Waals surface area contributed by atoms with Gasteiger partial charge in [-0.05, 0) is 53.2 Å². The lowest BCUT2D eigenvalue weighted by molar-refractivity contribution is -0.144. The topological polar surface area (TPSA) is 108 Å². The molecule has 8 nitrogen and oxygen atoms in total. The standard InChI is InChI=1S/C26H35N3O5/c1-17(2)29(24(32)18(3)28-25(33)34-26(4,5)6)22(20-14-10-11-15-21(20)30)23(31)27-16-19-12-8-7-9-13-19/h7-15,17-18,22,30H,16H2,1-6H3,(H,27,31)(H,28,33). The summed E-state index contributed by atoms with van der Waals surface area (Å²) in [5, 5.41) is 15.9. The predicted molar refractivity (Wildman–Crippen MR) is 130 cm³/mol. The van der Waals surface area contributed by atoms with Gasteiger partial charge in [-0.15, -0.1) is 0 Å². The highest BCUT2D eigenvalue weighted by Gasteiger charge is 2.37. The van der Waals surface area contributed by atoms with Crippen LogP contribution in [0.5, 0.6) is 5.75 Å². The van der Waals surface area contributed by atoms with Crippen LogP contribution in [0, 0.1) is 0 Å². The Bertz CT molecular complexity index is 985. The third-order valence-corrected chi connectivity index (χ3v) is 4.98. The molecule has 2 unspecified atom stereocenters. The van der Waals surface area contributed by atoms with Crippen LogP contribution in [-0.4, -0.2) is 45.6 Å². The van der Waals surface area contributed by atoms with Crippen molar-refractivity contribution in [3.05, 3.63) is 65.7 Å². The van der Waals surface area contributed by atoms with Gasteiger partial charge in [-0.1, -0.05) is 48.5 Å². The number of hydrogen-bond donors (Lipinski definition) is 3. The summed E-state index contributed by atoms with van der Waals surface area (Å²) in [6, 6.07) is 13.3. The third kappa shape index (κ3) is 7.50. The first-order valence-electron chi connectivity index (χ1n) is 11.3. The van der Waals surface area contributed by atoms with Crippen molar-refractivity contribution in [2.45, 2.75) is 71.8 Å². The fourth-order valence-electron chi connectivity index (χ4n) is 3.47. The van der Waals surface area contributed by atoms with Crippen LogP contribution in [0.4, 0.5) is 4.79 Å². The van der Waals surface area contributed by atoms with Crippen LogP contribution < -0.4 is 10.6 Å². The number of phenols is 1. The van der Waals surface area contributed by atoms with E-state index >= 15 is 0 Å². The molecule has 0 heterocycles. The first-order valence-corrected chi connectivity index (χ1v) is 11.3. The van der Waals surface area contributed by atoms with E-state index in [-0.39, 0.29) is 12.3 Å². The fraction of sp³-hybridized carbons (Fsp3) is 0.423. The lowest BCUT2D eigenvalue weighted by Gasteiger charge is -2.36. The molecule has 0 aromatic heterocycles. The van der Waals surface area contributed by atoms with E-state index < -0.39 is 41.6 Å². The van der Waals surface area contributed by atoms with Crippen molar-refractivity contribution in [1.82, 2.24) is 15.5 Å². The number of alkyl carbamates (subject to hydrolysis) is 1. The highest BCUT2D eigenvalue weighted by Crippen LogP contribution is 2.31. The van der Waals surface area contributed by atoms with Gasteiger partial charge in [0.2, 0.25) is 11.8 Å². The number of rotatable bonds is 8. The molecule has 2 aromatic carbocycles. The largest absolute Gasteiger partial charge is 0.508 e. The van der Waals surface area contributed by atoms with E-state index in [1.165, 1.54) is 17.9 Å². The van der Waals surface area contributed by atoms with E-state index in [4.69, 9.17) is 4.74 Å². The lowest BCUT2D eigenvalue weighted by atomic mass is 10.00. The van der Waals surface area contributed by atoms with Gasteiger partial charge in [-0.3, -0.25) is 9.59 Å². The molecule has 0 saturated heterocycles. The van der Waals surface area contributed by atoms with Crippen molar-refractivity contribution in [3.8, 4) is 5.75 Å². The number of hydrogen-bond acceptors (Lipinski definition) is 5. The van der Waals surface area contributed by atoms with E-state index in [9.17, 15) is 19.5 Å². The van der Waals surface area contributed by atoms with Crippen molar-refractivity contribution >= 4 is 17.9 Å². The van der Waals surface area contributed by atoms with E-state index in [0.717, 1.165) is 5.56 Å². The molecule has 0 aliphatic rings. The van der Waals surface area contributed by atoms with Crippen LogP contribution in [0.3, 0.4) is 0 Å². The molecule has 184 valence electrons.